The molecule has 0 spiro atoms. The third kappa shape index (κ3) is 5.19. The van der Waals surface area contributed by atoms with Crippen molar-refractivity contribution in [2.24, 2.45) is 0 Å². The first-order valence-corrected chi connectivity index (χ1v) is 7.02. The highest BCUT2D eigenvalue weighted by molar-refractivity contribution is 5.27. The van der Waals surface area contributed by atoms with Crippen molar-refractivity contribution < 1.29 is 14.9 Å². The molecular weight excluding hydrogens is 266 g/mol. The lowest BCUT2D eigenvalue weighted by molar-refractivity contribution is 0.170. The molecule has 21 heavy (non-hydrogen) atoms. The van der Waals surface area contributed by atoms with E-state index in [0.717, 1.165) is 16.9 Å². The Kier molecular flexibility index (Phi) is 6.22. The second kappa shape index (κ2) is 8.42. The predicted molar refractivity (Wildman–Crippen MR) is 82.0 cm³/mol. The van der Waals surface area contributed by atoms with Gasteiger partial charge >= 0.3 is 0 Å². The van der Waals surface area contributed by atoms with E-state index in [9.17, 15) is 0 Å². The van der Waals surface area contributed by atoms with Gasteiger partial charge in [0.15, 0.2) is 0 Å². The average molecular weight is 287 g/mol. The van der Waals surface area contributed by atoms with Gasteiger partial charge in [-0.05, 0) is 23.3 Å². The van der Waals surface area contributed by atoms with Crippen LogP contribution in [0.15, 0.2) is 54.6 Å². The van der Waals surface area contributed by atoms with Crippen LogP contribution in [-0.4, -0.2) is 29.5 Å². The minimum atomic E-state index is -0.279. The van der Waals surface area contributed by atoms with Gasteiger partial charge in [0.2, 0.25) is 0 Å². The molecule has 4 heteroatoms. The number of hydrogen-bond donors (Lipinski definition) is 3. The zero-order valence-electron chi connectivity index (χ0n) is 11.9. The van der Waals surface area contributed by atoms with E-state index < -0.39 is 0 Å². The van der Waals surface area contributed by atoms with Crippen LogP contribution in [-0.2, 0) is 13.2 Å². The molecule has 0 heterocycles. The van der Waals surface area contributed by atoms with E-state index in [0.29, 0.717) is 13.2 Å². The van der Waals surface area contributed by atoms with Gasteiger partial charge in [-0.3, -0.25) is 0 Å². The van der Waals surface area contributed by atoms with Crippen LogP contribution in [0.1, 0.15) is 11.1 Å². The van der Waals surface area contributed by atoms with Gasteiger partial charge < -0.3 is 20.3 Å². The number of nitrogens with one attached hydrogen (secondary N) is 1. The van der Waals surface area contributed by atoms with Gasteiger partial charge in [-0.25, -0.2) is 0 Å². The van der Waals surface area contributed by atoms with Crippen LogP contribution in [0.4, 0.5) is 0 Å². The van der Waals surface area contributed by atoms with E-state index in [1.54, 1.807) is 0 Å². The zero-order valence-corrected chi connectivity index (χ0v) is 11.9. The Morgan fingerprint density at radius 1 is 0.857 bits per heavy atom. The number of aliphatic hydroxyl groups excluding tert-OH is 2. The normalized spacial score (nSPS) is 10.8. The lowest BCUT2D eigenvalue weighted by atomic mass is 10.2. The maximum atomic E-state index is 8.98. The molecule has 2 aromatic rings. The summed E-state index contributed by atoms with van der Waals surface area (Å²) in [7, 11) is 0. The van der Waals surface area contributed by atoms with E-state index in [1.807, 2.05) is 54.6 Å². The maximum absolute atomic E-state index is 8.98. The lowest BCUT2D eigenvalue weighted by Crippen LogP contribution is -2.35. The molecule has 0 radical (unpaired) electrons. The summed E-state index contributed by atoms with van der Waals surface area (Å²) < 4.78 is 5.71. The van der Waals surface area contributed by atoms with Crippen molar-refractivity contribution in [2.45, 2.75) is 19.2 Å². The quantitative estimate of drug-likeness (QED) is 0.692. The SMILES string of the molecule is OCC(CO)NCc1ccc(OCc2ccccc2)cc1. The van der Waals surface area contributed by atoms with E-state index in [-0.39, 0.29) is 19.3 Å². The van der Waals surface area contributed by atoms with E-state index in [4.69, 9.17) is 14.9 Å². The van der Waals surface area contributed by atoms with Gasteiger partial charge in [0.05, 0.1) is 19.3 Å². The number of ether oxygens (including phenoxy) is 1. The molecule has 3 N–H and O–H groups in total. The summed E-state index contributed by atoms with van der Waals surface area (Å²) in [6.45, 7) is 1.00. The van der Waals surface area contributed by atoms with E-state index in [1.165, 1.54) is 0 Å². The maximum Gasteiger partial charge on any atom is 0.119 e. The summed E-state index contributed by atoms with van der Waals surface area (Å²) in [6, 6.07) is 17.5. The molecule has 0 aromatic heterocycles. The Hall–Kier alpha value is -1.88. The van der Waals surface area contributed by atoms with Crippen molar-refractivity contribution in [3.63, 3.8) is 0 Å². The molecule has 0 saturated heterocycles. The Morgan fingerprint density at radius 3 is 2.14 bits per heavy atom. The van der Waals surface area contributed by atoms with Crippen molar-refractivity contribution in [2.75, 3.05) is 13.2 Å². The summed E-state index contributed by atoms with van der Waals surface area (Å²) in [5.74, 6) is 0.823. The van der Waals surface area contributed by atoms with Gasteiger partial charge in [-0.1, -0.05) is 42.5 Å². The van der Waals surface area contributed by atoms with E-state index >= 15 is 0 Å². The lowest BCUT2D eigenvalue weighted by Gasteiger charge is -2.13. The van der Waals surface area contributed by atoms with Gasteiger partial charge in [0.1, 0.15) is 12.4 Å². The van der Waals surface area contributed by atoms with Crippen molar-refractivity contribution in [1.29, 1.82) is 0 Å². The highest BCUT2D eigenvalue weighted by Crippen LogP contribution is 2.14. The smallest absolute Gasteiger partial charge is 0.119 e. The van der Waals surface area contributed by atoms with Gasteiger partial charge in [0, 0.05) is 6.54 Å². The molecule has 0 aliphatic carbocycles. The van der Waals surface area contributed by atoms with Gasteiger partial charge in [-0.2, -0.15) is 0 Å². The average Bonchev–Trinajstić information content (AvgIpc) is 2.56. The van der Waals surface area contributed by atoms with Crippen LogP contribution in [0.2, 0.25) is 0 Å². The Morgan fingerprint density at radius 2 is 1.52 bits per heavy atom. The molecule has 4 nitrogen and oxygen atoms in total. The third-order valence-electron chi connectivity index (χ3n) is 3.21. The largest absolute Gasteiger partial charge is 0.489 e. The Labute approximate surface area is 125 Å². The molecule has 0 aliphatic rings. The Balaban J connectivity index is 1.81. The summed E-state index contributed by atoms with van der Waals surface area (Å²) in [6.07, 6.45) is 0. The van der Waals surface area contributed by atoms with Crippen LogP contribution in [0.25, 0.3) is 0 Å². The van der Waals surface area contributed by atoms with Crippen LogP contribution >= 0.6 is 0 Å². The molecule has 2 aromatic carbocycles. The van der Waals surface area contributed by atoms with Crippen molar-refractivity contribution in [1.82, 2.24) is 5.32 Å². The number of benzene rings is 2. The summed E-state index contributed by atoms with van der Waals surface area (Å²) in [4.78, 5) is 0. The molecule has 0 fully saturated rings. The van der Waals surface area contributed by atoms with E-state index in [2.05, 4.69) is 5.32 Å². The van der Waals surface area contributed by atoms with Gasteiger partial charge in [0.25, 0.3) is 0 Å². The second-order valence-corrected chi connectivity index (χ2v) is 4.86. The minimum Gasteiger partial charge on any atom is -0.489 e. The Bertz CT molecular complexity index is 509. The summed E-state index contributed by atoms with van der Waals surface area (Å²) in [5, 5.41) is 21.0. The number of rotatable bonds is 8. The first kappa shape index (κ1) is 15.5. The molecule has 112 valence electrons. The van der Waals surface area contributed by atoms with Crippen LogP contribution < -0.4 is 10.1 Å². The molecule has 0 aliphatic heterocycles. The zero-order chi connectivity index (χ0) is 14.9. The van der Waals surface area contributed by atoms with Crippen LogP contribution in [0.5, 0.6) is 5.75 Å². The first-order chi connectivity index (χ1) is 10.3. The highest BCUT2D eigenvalue weighted by atomic mass is 16.5. The number of aliphatic hydroxyl groups is 2. The second-order valence-electron chi connectivity index (χ2n) is 4.86. The van der Waals surface area contributed by atoms with Crippen LogP contribution in [0, 0.1) is 0 Å². The standard InChI is InChI=1S/C17H21NO3/c19-11-16(12-20)18-10-14-6-8-17(9-7-14)21-13-15-4-2-1-3-5-15/h1-9,16,18-20H,10-13H2. The molecule has 0 unspecified atom stereocenters. The molecule has 0 bridgehead atoms. The number of hydrogen-bond acceptors (Lipinski definition) is 4. The molecule has 0 amide bonds. The molecule has 0 atom stereocenters. The van der Waals surface area contributed by atoms with Crippen molar-refractivity contribution in [3.05, 3.63) is 65.7 Å². The molecule has 0 saturated carbocycles. The monoisotopic (exact) mass is 287 g/mol. The molecular formula is C17H21NO3. The first-order valence-electron chi connectivity index (χ1n) is 7.02. The van der Waals surface area contributed by atoms with Crippen molar-refractivity contribution in [3.8, 4) is 5.75 Å². The van der Waals surface area contributed by atoms with Crippen LogP contribution in [0.3, 0.4) is 0 Å². The third-order valence-corrected chi connectivity index (χ3v) is 3.21. The fourth-order valence-corrected chi connectivity index (χ4v) is 1.89. The predicted octanol–water partition coefficient (Wildman–Crippen LogP) is 1.71. The summed E-state index contributed by atoms with van der Waals surface area (Å²) >= 11 is 0. The molecule has 2 rings (SSSR count). The topological polar surface area (TPSA) is 61.7 Å². The fraction of sp³-hybridized carbons (Fsp3) is 0.294. The summed E-state index contributed by atoms with van der Waals surface area (Å²) in [5.41, 5.74) is 2.21. The minimum absolute atomic E-state index is 0.0746. The highest BCUT2D eigenvalue weighted by Gasteiger charge is 2.04. The van der Waals surface area contributed by atoms with Crippen molar-refractivity contribution >= 4 is 0 Å². The fourth-order valence-electron chi connectivity index (χ4n) is 1.89. The van der Waals surface area contributed by atoms with Gasteiger partial charge in [-0.15, -0.1) is 0 Å².